The summed E-state index contributed by atoms with van der Waals surface area (Å²) in [4.78, 5) is 4.33. The number of aromatic nitrogens is 1. The molecule has 0 atom stereocenters. The molecular weight excluding hydrogens is 419 g/mol. The van der Waals surface area contributed by atoms with Gasteiger partial charge in [-0.3, -0.25) is 5.43 Å². The Morgan fingerprint density at radius 1 is 1.10 bits per heavy atom. The molecule has 0 saturated carbocycles. The molecule has 160 valence electrons. The van der Waals surface area contributed by atoms with Crippen molar-refractivity contribution in [2.75, 3.05) is 14.1 Å². The van der Waals surface area contributed by atoms with Crippen molar-refractivity contribution in [2.24, 2.45) is 4.99 Å². The molecule has 9 heteroatoms. The highest BCUT2D eigenvalue weighted by Gasteiger charge is 2.15. The maximum absolute atomic E-state index is 13.2. The van der Waals surface area contributed by atoms with Gasteiger partial charge in [0.1, 0.15) is 5.82 Å². The molecule has 1 heterocycles. The van der Waals surface area contributed by atoms with Gasteiger partial charge in [-0.1, -0.05) is 12.1 Å². The van der Waals surface area contributed by atoms with Crippen LogP contribution in [0.5, 0.6) is 0 Å². The first kappa shape index (κ1) is 23.5. The summed E-state index contributed by atoms with van der Waals surface area (Å²) in [6.07, 6.45) is 1.73. The first-order chi connectivity index (χ1) is 14.3. The molecule has 0 aliphatic carbocycles. The number of hydrogen-bond acceptors (Lipinski definition) is 3. The van der Waals surface area contributed by atoms with Gasteiger partial charge in [-0.25, -0.2) is 9.38 Å². The zero-order valence-corrected chi connectivity index (χ0v) is 19.4. The number of thiocarbonyl (C=S) groups is 2. The van der Waals surface area contributed by atoms with Gasteiger partial charge in [-0.05, 0) is 69.0 Å². The molecule has 4 N–H and O–H groups in total. The Hall–Kier alpha value is -2.78. The van der Waals surface area contributed by atoms with Gasteiger partial charge in [0.25, 0.3) is 0 Å². The second-order valence-electron chi connectivity index (χ2n) is 6.68. The molecule has 0 fully saturated rings. The number of aryl methyl sites for hydroxylation is 1. The lowest BCUT2D eigenvalue weighted by molar-refractivity contribution is 0.626. The SMILES string of the molecule is CNC(=S)N=CC(=C(C)NNC(=S)NC)c1cc(C)n(Cc2ccc(F)cc2)c1C. The van der Waals surface area contributed by atoms with Crippen molar-refractivity contribution in [3.05, 3.63) is 64.4 Å². The smallest absolute Gasteiger partial charge is 0.192 e. The summed E-state index contributed by atoms with van der Waals surface area (Å²) < 4.78 is 15.4. The highest BCUT2D eigenvalue weighted by Crippen LogP contribution is 2.25. The van der Waals surface area contributed by atoms with Crippen LogP contribution in [-0.2, 0) is 6.54 Å². The number of rotatable bonds is 6. The number of allylic oxidation sites excluding steroid dienone is 2. The van der Waals surface area contributed by atoms with Crippen LogP contribution in [0.15, 0.2) is 41.0 Å². The summed E-state index contributed by atoms with van der Waals surface area (Å²) in [7, 11) is 3.47. The fraction of sp³-hybridized carbons (Fsp3) is 0.286. The molecule has 0 aliphatic heterocycles. The van der Waals surface area contributed by atoms with Gasteiger partial charge in [0, 0.05) is 55.1 Å². The minimum absolute atomic E-state index is 0.240. The summed E-state index contributed by atoms with van der Waals surface area (Å²) in [6, 6.07) is 8.65. The molecule has 0 radical (unpaired) electrons. The Morgan fingerprint density at radius 3 is 2.37 bits per heavy atom. The third-order valence-electron chi connectivity index (χ3n) is 4.64. The lowest BCUT2D eigenvalue weighted by Gasteiger charge is -2.15. The first-order valence-corrected chi connectivity index (χ1v) is 10.2. The van der Waals surface area contributed by atoms with Crippen LogP contribution in [0.2, 0.25) is 0 Å². The number of hydrogen-bond donors (Lipinski definition) is 4. The topological polar surface area (TPSA) is 65.4 Å². The highest BCUT2D eigenvalue weighted by atomic mass is 32.1. The average molecular weight is 447 g/mol. The summed E-state index contributed by atoms with van der Waals surface area (Å²) in [6.45, 7) is 6.67. The normalized spacial score (nSPS) is 11.8. The van der Waals surface area contributed by atoms with E-state index in [1.165, 1.54) is 12.1 Å². The van der Waals surface area contributed by atoms with Crippen LogP contribution in [0.25, 0.3) is 5.57 Å². The minimum atomic E-state index is -0.240. The van der Waals surface area contributed by atoms with Crippen LogP contribution in [-0.4, -0.2) is 35.1 Å². The summed E-state index contributed by atoms with van der Waals surface area (Å²) in [5.74, 6) is -0.240. The van der Waals surface area contributed by atoms with E-state index in [-0.39, 0.29) is 5.82 Å². The van der Waals surface area contributed by atoms with E-state index in [1.807, 2.05) is 13.8 Å². The van der Waals surface area contributed by atoms with E-state index in [1.54, 1.807) is 32.4 Å². The van der Waals surface area contributed by atoms with Crippen molar-refractivity contribution >= 4 is 46.4 Å². The van der Waals surface area contributed by atoms with E-state index >= 15 is 0 Å². The molecule has 0 unspecified atom stereocenters. The molecule has 1 aromatic heterocycles. The highest BCUT2D eigenvalue weighted by molar-refractivity contribution is 7.80. The standard InChI is InChI=1S/C21H27FN6S2/c1-13-10-18(15(3)28(13)12-16-6-8-17(22)9-7-16)19(11-25-20(29)23-4)14(2)26-27-21(30)24-5/h6-11,26H,12H2,1-5H3,(H,23,29)(H2,24,27,30). The lowest BCUT2D eigenvalue weighted by Crippen LogP contribution is -2.41. The molecule has 2 rings (SSSR count). The van der Waals surface area contributed by atoms with Crippen LogP contribution in [0.1, 0.15) is 29.4 Å². The van der Waals surface area contributed by atoms with E-state index < -0.39 is 0 Å². The molecular formula is C21H27FN6S2. The second-order valence-corrected chi connectivity index (χ2v) is 7.47. The Balaban J connectivity index is 2.44. The zero-order chi connectivity index (χ0) is 22.3. The first-order valence-electron chi connectivity index (χ1n) is 9.38. The van der Waals surface area contributed by atoms with E-state index in [0.29, 0.717) is 16.8 Å². The molecule has 0 aliphatic rings. The van der Waals surface area contributed by atoms with E-state index in [0.717, 1.165) is 33.8 Å². The van der Waals surface area contributed by atoms with Gasteiger partial charge >= 0.3 is 0 Å². The predicted molar refractivity (Wildman–Crippen MR) is 130 cm³/mol. The molecule has 6 nitrogen and oxygen atoms in total. The van der Waals surface area contributed by atoms with Gasteiger partial charge in [-0.15, -0.1) is 0 Å². The maximum atomic E-state index is 13.2. The number of benzene rings is 1. The van der Waals surface area contributed by atoms with Gasteiger partial charge in [0.05, 0.1) is 0 Å². The lowest BCUT2D eigenvalue weighted by atomic mass is 10.1. The summed E-state index contributed by atoms with van der Waals surface area (Å²) >= 11 is 10.3. The van der Waals surface area contributed by atoms with Crippen LogP contribution in [0.4, 0.5) is 4.39 Å². The molecule has 1 aromatic carbocycles. The fourth-order valence-electron chi connectivity index (χ4n) is 2.93. The van der Waals surface area contributed by atoms with Crippen molar-refractivity contribution < 1.29 is 4.39 Å². The van der Waals surface area contributed by atoms with Crippen LogP contribution in [0.3, 0.4) is 0 Å². The predicted octanol–water partition coefficient (Wildman–Crippen LogP) is 3.20. The van der Waals surface area contributed by atoms with Gasteiger partial charge in [0.2, 0.25) is 0 Å². The Bertz CT molecular complexity index is 976. The number of aliphatic imine (C=N–C) groups is 1. The van der Waals surface area contributed by atoms with Gasteiger partial charge < -0.3 is 20.6 Å². The number of halogens is 1. The van der Waals surface area contributed by atoms with E-state index in [9.17, 15) is 4.39 Å². The van der Waals surface area contributed by atoms with Crippen molar-refractivity contribution in [3.63, 3.8) is 0 Å². The Morgan fingerprint density at radius 2 is 1.77 bits per heavy atom. The van der Waals surface area contributed by atoms with E-state index in [2.05, 4.69) is 44.0 Å². The van der Waals surface area contributed by atoms with E-state index in [4.69, 9.17) is 24.4 Å². The second kappa shape index (κ2) is 10.8. The van der Waals surface area contributed by atoms with Crippen molar-refractivity contribution in [1.29, 1.82) is 0 Å². The Kier molecular flexibility index (Phi) is 8.49. The summed E-state index contributed by atoms with van der Waals surface area (Å²) in [5.41, 5.74) is 11.9. The molecule has 30 heavy (non-hydrogen) atoms. The van der Waals surface area contributed by atoms with Gasteiger partial charge in [-0.2, -0.15) is 0 Å². The minimum Gasteiger partial charge on any atom is -0.364 e. The zero-order valence-electron chi connectivity index (χ0n) is 17.8. The van der Waals surface area contributed by atoms with Gasteiger partial charge in [0.15, 0.2) is 10.2 Å². The number of nitrogens with one attached hydrogen (secondary N) is 4. The third-order valence-corrected chi connectivity index (χ3v) is 5.25. The molecule has 0 saturated heterocycles. The van der Waals surface area contributed by atoms with Crippen molar-refractivity contribution in [2.45, 2.75) is 27.3 Å². The molecule has 0 bridgehead atoms. The van der Waals surface area contributed by atoms with Crippen LogP contribution in [0, 0.1) is 19.7 Å². The summed E-state index contributed by atoms with van der Waals surface area (Å²) in [5, 5.41) is 6.56. The number of nitrogens with zero attached hydrogens (tertiary/aromatic N) is 2. The number of hydrazine groups is 1. The Labute approximate surface area is 187 Å². The maximum Gasteiger partial charge on any atom is 0.192 e. The third kappa shape index (κ3) is 6.11. The largest absolute Gasteiger partial charge is 0.364 e. The van der Waals surface area contributed by atoms with Crippen molar-refractivity contribution in [1.82, 2.24) is 26.1 Å². The quantitative estimate of drug-likeness (QED) is 0.311. The fourth-order valence-corrected chi connectivity index (χ4v) is 3.03. The molecule has 2 aromatic rings. The van der Waals surface area contributed by atoms with Crippen LogP contribution < -0.4 is 21.5 Å². The monoisotopic (exact) mass is 446 g/mol. The van der Waals surface area contributed by atoms with Crippen molar-refractivity contribution in [3.8, 4) is 0 Å². The average Bonchev–Trinajstić information content (AvgIpc) is 3.01. The molecule has 0 amide bonds. The van der Waals surface area contributed by atoms with Crippen LogP contribution >= 0.6 is 24.4 Å². The molecule has 0 spiro atoms.